The molecule has 5 heteroatoms. The molecule has 2 aliphatic rings. The van der Waals surface area contributed by atoms with Crippen molar-refractivity contribution in [3.63, 3.8) is 0 Å². The number of nitrogen functional groups attached to an aromatic ring is 1. The lowest BCUT2D eigenvalue weighted by atomic mass is 10.1. The van der Waals surface area contributed by atoms with Crippen LogP contribution in [0.5, 0.6) is 0 Å². The number of fused-ring (bicyclic) bond motifs is 1. The third kappa shape index (κ3) is 3.35. The van der Waals surface area contributed by atoms with Crippen LogP contribution in [0, 0.1) is 0 Å². The maximum Gasteiger partial charge on any atom is 0.161 e. The van der Waals surface area contributed by atoms with Gasteiger partial charge < -0.3 is 10.5 Å². The number of aromatic nitrogens is 2. The molecular formula is C16H26N4O. The number of hydrogen-bond donors (Lipinski definition) is 1. The van der Waals surface area contributed by atoms with Crippen LogP contribution in [0.3, 0.4) is 0 Å². The number of rotatable bonds is 3. The van der Waals surface area contributed by atoms with Crippen molar-refractivity contribution in [3.05, 3.63) is 17.1 Å². The van der Waals surface area contributed by atoms with Crippen molar-refractivity contribution >= 4 is 5.82 Å². The van der Waals surface area contributed by atoms with Crippen molar-refractivity contribution in [1.29, 1.82) is 0 Å². The molecule has 0 spiro atoms. The second-order valence-corrected chi connectivity index (χ2v) is 6.11. The zero-order valence-corrected chi connectivity index (χ0v) is 13.0. The van der Waals surface area contributed by atoms with Crippen LogP contribution in [0.2, 0.25) is 0 Å². The minimum absolute atomic E-state index is 0.0267. The number of aryl methyl sites for hydroxylation is 1. The van der Waals surface area contributed by atoms with Gasteiger partial charge in [0.25, 0.3) is 0 Å². The van der Waals surface area contributed by atoms with Crippen LogP contribution in [0.1, 0.15) is 55.8 Å². The minimum atomic E-state index is -0.0267. The zero-order valence-electron chi connectivity index (χ0n) is 13.0. The van der Waals surface area contributed by atoms with Gasteiger partial charge in [-0.3, -0.25) is 4.90 Å². The number of ether oxygens (including phenoxy) is 1. The lowest BCUT2D eigenvalue weighted by Gasteiger charge is -2.32. The third-order valence-electron chi connectivity index (χ3n) is 4.46. The van der Waals surface area contributed by atoms with Crippen molar-refractivity contribution in [3.8, 4) is 0 Å². The summed E-state index contributed by atoms with van der Waals surface area (Å²) >= 11 is 0. The Balaban J connectivity index is 1.82. The van der Waals surface area contributed by atoms with Crippen molar-refractivity contribution in [2.45, 2.75) is 51.6 Å². The van der Waals surface area contributed by atoms with Gasteiger partial charge in [0.2, 0.25) is 0 Å². The SMILES string of the molecule is CCCN1CCOC(c2nc(N)c3c(n2)CCCCC3)C1. The van der Waals surface area contributed by atoms with Gasteiger partial charge in [-0.1, -0.05) is 13.3 Å². The predicted molar refractivity (Wildman–Crippen MR) is 83.1 cm³/mol. The van der Waals surface area contributed by atoms with Gasteiger partial charge in [-0.05, 0) is 38.6 Å². The number of morpholine rings is 1. The molecule has 21 heavy (non-hydrogen) atoms. The first-order valence-corrected chi connectivity index (χ1v) is 8.27. The van der Waals surface area contributed by atoms with E-state index in [9.17, 15) is 0 Å². The smallest absolute Gasteiger partial charge is 0.161 e. The zero-order chi connectivity index (χ0) is 14.7. The van der Waals surface area contributed by atoms with Crippen LogP contribution >= 0.6 is 0 Å². The molecule has 1 aliphatic heterocycles. The molecule has 5 nitrogen and oxygen atoms in total. The summed E-state index contributed by atoms with van der Waals surface area (Å²) < 4.78 is 5.90. The highest BCUT2D eigenvalue weighted by Gasteiger charge is 2.26. The number of anilines is 1. The van der Waals surface area contributed by atoms with Crippen LogP contribution in [0.15, 0.2) is 0 Å². The maximum absolute atomic E-state index is 6.19. The van der Waals surface area contributed by atoms with Gasteiger partial charge in [-0.25, -0.2) is 9.97 Å². The molecular weight excluding hydrogens is 264 g/mol. The molecule has 1 saturated heterocycles. The number of nitrogens with two attached hydrogens (primary N) is 1. The van der Waals surface area contributed by atoms with Crippen LogP contribution in [-0.4, -0.2) is 41.1 Å². The average molecular weight is 290 g/mol. The number of hydrogen-bond acceptors (Lipinski definition) is 5. The van der Waals surface area contributed by atoms with Crippen molar-refractivity contribution in [1.82, 2.24) is 14.9 Å². The van der Waals surface area contributed by atoms with Gasteiger partial charge in [-0.15, -0.1) is 0 Å². The van der Waals surface area contributed by atoms with E-state index in [1.807, 2.05) is 0 Å². The van der Waals surface area contributed by atoms with Crippen molar-refractivity contribution in [2.75, 3.05) is 32.0 Å². The topological polar surface area (TPSA) is 64.3 Å². The second-order valence-electron chi connectivity index (χ2n) is 6.11. The molecule has 2 heterocycles. The fourth-order valence-corrected chi connectivity index (χ4v) is 3.34. The van der Waals surface area contributed by atoms with E-state index in [2.05, 4.69) is 16.8 Å². The monoisotopic (exact) mass is 290 g/mol. The van der Waals surface area contributed by atoms with Gasteiger partial charge in [0.15, 0.2) is 5.82 Å². The quantitative estimate of drug-likeness (QED) is 0.864. The predicted octanol–water partition coefficient (Wildman–Crippen LogP) is 2.11. The molecule has 1 atom stereocenters. The molecule has 1 aromatic rings. The molecule has 0 amide bonds. The minimum Gasteiger partial charge on any atom is -0.383 e. The molecule has 2 N–H and O–H groups in total. The Morgan fingerprint density at radius 3 is 2.95 bits per heavy atom. The first-order valence-electron chi connectivity index (χ1n) is 8.27. The fourth-order valence-electron chi connectivity index (χ4n) is 3.34. The lowest BCUT2D eigenvalue weighted by molar-refractivity contribution is -0.0342. The highest BCUT2D eigenvalue weighted by molar-refractivity contribution is 5.43. The van der Waals surface area contributed by atoms with Gasteiger partial charge in [0.1, 0.15) is 11.9 Å². The molecule has 0 radical (unpaired) electrons. The second kappa shape index (κ2) is 6.71. The Morgan fingerprint density at radius 1 is 1.24 bits per heavy atom. The van der Waals surface area contributed by atoms with Crippen LogP contribution < -0.4 is 5.73 Å². The Kier molecular flexibility index (Phi) is 4.70. The average Bonchev–Trinajstić information content (AvgIpc) is 2.73. The molecule has 1 unspecified atom stereocenters. The highest BCUT2D eigenvalue weighted by atomic mass is 16.5. The lowest BCUT2D eigenvalue weighted by Crippen LogP contribution is -2.39. The van der Waals surface area contributed by atoms with Gasteiger partial charge in [0, 0.05) is 24.3 Å². The van der Waals surface area contributed by atoms with Crippen molar-refractivity contribution in [2.24, 2.45) is 0 Å². The molecule has 0 saturated carbocycles. The largest absolute Gasteiger partial charge is 0.383 e. The first-order chi connectivity index (χ1) is 10.3. The Hall–Kier alpha value is -1.20. The van der Waals surface area contributed by atoms with Crippen LogP contribution in [0.4, 0.5) is 5.82 Å². The van der Waals surface area contributed by atoms with Gasteiger partial charge >= 0.3 is 0 Å². The van der Waals surface area contributed by atoms with E-state index < -0.39 is 0 Å². The van der Waals surface area contributed by atoms with E-state index in [4.69, 9.17) is 15.5 Å². The van der Waals surface area contributed by atoms with Gasteiger partial charge in [0.05, 0.1) is 6.61 Å². The van der Waals surface area contributed by atoms with E-state index in [0.717, 1.165) is 50.6 Å². The summed E-state index contributed by atoms with van der Waals surface area (Å²) in [7, 11) is 0. The summed E-state index contributed by atoms with van der Waals surface area (Å²) in [5.74, 6) is 1.46. The Morgan fingerprint density at radius 2 is 2.10 bits per heavy atom. The maximum atomic E-state index is 6.19. The van der Waals surface area contributed by atoms with Gasteiger partial charge in [-0.2, -0.15) is 0 Å². The van der Waals surface area contributed by atoms with Crippen LogP contribution in [-0.2, 0) is 17.6 Å². The normalized spacial score (nSPS) is 23.6. The molecule has 0 aromatic carbocycles. The first kappa shape index (κ1) is 14.7. The summed E-state index contributed by atoms with van der Waals surface area (Å²) in [5, 5.41) is 0. The third-order valence-corrected chi connectivity index (χ3v) is 4.46. The molecule has 1 aromatic heterocycles. The summed E-state index contributed by atoms with van der Waals surface area (Å²) in [6.07, 6.45) is 6.85. The summed E-state index contributed by atoms with van der Waals surface area (Å²) in [6, 6.07) is 0. The molecule has 0 bridgehead atoms. The van der Waals surface area contributed by atoms with Crippen LogP contribution in [0.25, 0.3) is 0 Å². The van der Waals surface area contributed by atoms with E-state index in [1.54, 1.807) is 0 Å². The number of nitrogens with zero attached hydrogens (tertiary/aromatic N) is 3. The van der Waals surface area contributed by atoms with E-state index in [0.29, 0.717) is 5.82 Å². The molecule has 1 fully saturated rings. The fraction of sp³-hybridized carbons (Fsp3) is 0.750. The van der Waals surface area contributed by atoms with E-state index >= 15 is 0 Å². The van der Waals surface area contributed by atoms with E-state index in [-0.39, 0.29) is 6.10 Å². The molecule has 3 rings (SSSR count). The summed E-state index contributed by atoms with van der Waals surface area (Å²) in [4.78, 5) is 11.8. The molecule has 1 aliphatic carbocycles. The summed E-state index contributed by atoms with van der Waals surface area (Å²) in [5.41, 5.74) is 8.53. The highest BCUT2D eigenvalue weighted by Crippen LogP contribution is 2.26. The molecule has 116 valence electrons. The Bertz CT molecular complexity index is 489. The van der Waals surface area contributed by atoms with Crippen molar-refractivity contribution < 1.29 is 4.74 Å². The van der Waals surface area contributed by atoms with E-state index in [1.165, 1.54) is 31.2 Å². The standard InChI is InChI=1S/C16H26N4O/c1-2-8-20-9-10-21-14(11-20)16-18-13-7-5-3-4-6-12(13)15(17)19-16/h14H,2-11H2,1H3,(H2,17,18,19). The summed E-state index contributed by atoms with van der Waals surface area (Å²) in [6.45, 7) is 5.96. The Labute approximate surface area is 126 Å².